The summed E-state index contributed by atoms with van der Waals surface area (Å²) in [6.07, 6.45) is 21.9. The van der Waals surface area contributed by atoms with E-state index in [-0.39, 0.29) is 0 Å². The summed E-state index contributed by atoms with van der Waals surface area (Å²) in [5.74, 6) is 0. The van der Waals surface area contributed by atoms with Gasteiger partial charge in [0.1, 0.15) is 0 Å². The Hall–Kier alpha value is -0.241. The first-order valence-electron chi connectivity index (χ1n) is 12.5. The summed E-state index contributed by atoms with van der Waals surface area (Å²) in [6, 6.07) is 0. The van der Waals surface area contributed by atoms with Crippen molar-refractivity contribution in [2.24, 2.45) is 5.41 Å². The van der Waals surface area contributed by atoms with Crippen molar-refractivity contribution in [1.29, 1.82) is 0 Å². The number of hydrogen-bond acceptors (Lipinski definition) is 0. The number of rotatable bonds is 13. The second-order valence-corrected chi connectivity index (χ2v) is 23.2. The van der Waals surface area contributed by atoms with Gasteiger partial charge in [-0.1, -0.05) is 0 Å². The van der Waals surface area contributed by atoms with Crippen molar-refractivity contribution in [3.8, 4) is 0 Å². The van der Waals surface area contributed by atoms with E-state index < -0.39 is 18.4 Å². The quantitative estimate of drug-likeness (QED) is 0.173. The number of allylic oxidation sites excluding steroid dienone is 7. The van der Waals surface area contributed by atoms with E-state index in [1.54, 1.807) is 24.5 Å². The van der Waals surface area contributed by atoms with Gasteiger partial charge in [-0.25, -0.2) is 0 Å². The molecule has 29 heavy (non-hydrogen) atoms. The maximum atomic E-state index is 2.78. The molecular weight excluding hydrogens is 455 g/mol. The van der Waals surface area contributed by atoms with E-state index in [1.807, 2.05) is 0 Å². The van der Waals surface area contributed by atoms with Crippen LogP contribution >= 0.6 is 0 Å². The molecule has 0 fully saturated rings. The van der Waals surface area contributed by atoms with Gasteiger partial charge in [-0.15, -0.1) is 0 Å². The van der Waals surface area contributed by atoms with E-state index in [0.29, 0.717) is 5.41 Å². The molecule has 0 saturated heterocycles. The van der Waals surface area contributed by atoms with Crippen molar-refractivity contribution in [1.82, 2.24) is 0 Å². The van der Waals surface area contributed by atoms with Gasteiger partial charge in [-0.2, -0.15) is 0 Å². The van der Waals surface area contributed by atoms with Gasteiger partial charge in [0.2, 0.25) is 0 Å². The summed E-state index contributed by atoms with van der Waals surface area (Å²) in [4.78, 5) is 0. The average molecular weight is 505 g/mol. The molecule has 0 unspecified atom stereocenters. The Bertz CT molecular complexity index is 564. The first kappa shape index (κ1) is 26.8. The zero-order chi connectivity index (χ0) is 21.8. The molecule has 1 aliphatic rings. The van der Waals surface area contributed by atoms with Crippen molar-refractivity contribution in [3.63, 3.8) is 0 Å². The molecule has 0 nitrogen and oxygen atoms in total. The van der Waals surface area contributed by atoms with E-state index in [4.69, 9.17) is 0 Å². The molecule has 166 valence electrons. The number of hydrogen-bond donors (Lipinski definition) is 0. The second kappa shape index (κ2) is 13.9. The van der Waals surface area contributed by atoms with Crippen molar-refractivity contribution in [2.45, 2.75) is 120 Å². The fourth-order valence-electron chi connectivity index (χ4n) is 4.90. The molecule has 0 aromatic rings. The fraction of sp³-hybridized carbons (Fsp3) is 0.714. The van der Waals surface area contributed by atoms with Gasteiger partial charge < -0.3 is 0 Å². The minimum absolute atomic E-state index is 0.334. The third-order valence-electron chi connectivity index (χ3n) is 6.95. The Morgan fingerprint density at radius 2 is 1.52 bits per heavy atom. The monoisotopic (exact) mass is 506 g/mol. The van der Waals surface area contributed by atoms with Crippen LogP contribution in [0.1, 0.15) is 106 Å². The first-order valence-corrected chi connectivity index (χ1v) is 20.2. The molecule has 0 amide bonds. The predicted octanol–water partition coefficient (Wildman–Crippen LogP) is 9.96. The van der Waals surface area contributed by atoms with Crippen LogP contribution in [0.5, 0.6) is 0 Å². The number of unbranched alkanes of at least 4 members (excludes halogenated alkanes) is 3. The Morgan fingerprint density at radius 1 is 0.966 bits per heavy atom. The van der Waals surface area contributed by atoms with Crippen LogP contribution in [0.3, 0.4) is 0 Å². The summed E-state index contributed by atoms with van der Waals surface area (Å²) in [5.41, 5.74) is 4.89. The molecule has 0 bridgehead atoms. The minimum atomic E-state index is -2.13. The van der Waals surface area contributed by atoms with Gasteiger partial charge >= 0.3 is 188 Å². The Kier molecular flexibility index (Phi) is 12.9. The standard InChI is InChI=1S/C16H23.3C4H9.Sn/c1-6-8-13(2)10-11-15-14(3)9-7-12-16(15,4)5;3*1-3-4-2;/h1,6,8,10-11H,7,9,12H2,2-5H3;3*1,3-4H2,2H3;/b6-1?,11-10+,13-8-;;;;. The molecule has 0 aromatic carbocycles. The zero-order valence-electron chi connectivity index (χ0n) is 20.9. The van der Waals surface area contributed by atoms with E-state index in [0.717, 1.165) is 0 Å². The van der Waals surface area contributed by atoms with Crippen LogP contribution in [0, 0.1) is 5.41 Å². The Morgan fingerprint density at radius 3 is 2.00 bits per heavy atom. The molecule has 1 rings (SSSR count). The summed E-state index contributed by atoms with van der Waals surface area (Å²) < 4.78 is 7.46. The van der Waals surface area contributed by atoms with Crippen molar-refractivity contribution in [2.75, 3.05) is 0 Å². The van der Waals surface area contributed by atoms with Crippen LogP contribution in [0.2, 0.25) is 13.3 Å². The SMILES string of the molecule is CCC[CH2][Sn](/[CH]=C/C=C(C)\C=C\C1=C(C)CCCC1(C)C)([CH2]CCC)[CH2]CCC. The molecule has 1 aliphatic carbocycles. The normalized spacial score (nSPS) is 18.4. The molecule has 0 radical (unpaired) electrons. The molecule has 0 atom stereocenters. The molecule has 0 spiro atoms. The average Bonchev–Trinajstić information content (AvgIpc) is 2.68. The summed E-state index contributed by atoms with van der Waals surface area (Å²) in [6.45, 7) is 16.5. The molecule has 0 N–H and O–H groups in total. The van der Waals surface area contributed by atoms with Crippen molar-refractivity contribution < 1.29 is 0 Å². The zero-order valence-corrected chi connectivity index (χ0v) is 23.7. The van der Waals surface area contributed by atoms with E-state index in [9.17, 15) is 0 Å². The first-order chi connectivity index (χ1) is 13.8. The maximum absolute atomic E-state index is 2.78. The predicted molar refractivity (Wildman–Crippen MR) is 137 cm³/mol. The van der Waals surface area contributed by atoms with Crippen LogP contribution in [-0.4, -0.2) is 18.4 Å². The van der Waals surface area contributed by atoms with Gasteiger partial charge in [0, 0.05) is 0 Å². The van der Waals surface area contributed by atoms with Crippen LogP contribution < -0.4 is 0 Å². The van der Waals surface area contributed by atoms with Crippen molar-refractivity contribution in [3.05, 3.63) is 45.1 Å². The summed E-state index contributed by atoms with van der Waals surface area (Å²) in [5, 5.41) is 0. The van der Waals surface area contributed by atoms with Crippen molar-refractivity contribution >= 4 is 18.4 Å². The van der Waals surface area contributed by atoms with Gasteiger partial charge in [0.15, 0.2) is 0 Å². The summed E-state index contributed by atoms with van der Waals surface area (Å²) >= 11 is -2.13. The Labute approximate surface area is 187 Å². The molecule has 1 heteroatoms. The van der Waals surface area contributed by atoms with Gasteiger partial charge in [0.25, 0.3) is 0 Å². The molecule has 0 heterocycles. The third kappa shape index (κ3) is 9.62. The van der Waals surface area contributed by atoms with Crippen LogP contribution in [-0.2, 0) is 0 Å². The van der Waals surface area contributed by atoms with E-state index in [2.05, 4.69) is 76.9 Å². The van der Waals surface area contributed by atoms with Crippen LogP contribution in [0.25, 0.3) is 0 Å². The molecule has 0 aromatic heterocycles. The second-order valence-electron chi connectivity index (χ2n) is 10.2. The fourth-order valence-corrected chi connectivity index (χ4v) is 19.0. The molecule has 0 saturated carbocycles. The van der Waals surface area contributed by atoms with Gasteiger partial charge in [0.05, 0.1) is 0 Å². The summed E-state index contributed by atoms with van der Waals surface area (Å²) in [7, 11) is 0. The molecular formula is C28H50Sn. The van der Waals surface area contributed by atoms with E-state index in [1.165, 1.54) is 63.4 Å². The topological polar surface area (TPSA) is 0 Å². The van der Waals surface area contributed by atoms with Gasteiger partial charge in [-0.05, 0) is 0 Å². The van der Waals surface area contributed by atoms with Crippen LogP contribution in [0.4, 0.5) is 0 Å². The Balaban J connectivity index is 2.94. The van der Waals surface area contributed by atoms with E-state index >= 15 is 0 Å². The van der Waals surface area contributed by atoms with Gasteiger partial charge in [-0.3, -0.25) is 0 Å². The van der Waals surface area contributed by atoms with Crippen LogP contribution in [0.15, 0.2) is 45.1 Å². The third-order valence-corrected chi connectivity index (χ3v) is 21.1. The molecule has 0 aliphatic heterocycles.